The molecular weight excluding hydrogens is 262 g/mol. The summed E-state index contributed by atoms with van der Waals surface area (Å²) in [6.07, 6.45) is 1.63. The highest BCUT2D eigenvalue weighted by Gasteiger charge is 2.25. The van der Waals surface area contributed by atoms with Crippen LogP contribution in [0.5, 0.6) is 0 Å². The number of nitrogens with zero attached hydrogens (tertiary/aromatic N) is 1. The molecule has 5 heteroatoms. The van der Waals surface area contributed by atoms with Gasteiger partial charge in [-0.3, -0.25) is 4.79 Å². The van der Waals surface area contributed by atoms with Crippen LogP contribution in [0.1, 0.15) is 25.3 Å². The van der Waals surface area contributed by atoms with E-state index in [0.717, 1.165) is 19.4 Å². The number of carbonyl (C=O) groups is 1. The van der Waals surface area contributed by atoms with E-state index in [0.29, 0.717) is 22.3 Å². The molecule has 0 aliphatic carbocycles. The summed E-state index contributed by atoms with van der Waals surface area (Å²) in [6, 6.07) is 7.27. The minimum Gasteiger partial charge on any atom is -0.325 e. The van der Waals surface area contributed by atoms with E-state index in [1.807, 2.05) is 0 Å². The summed E-state index contributed by atoms with van der Waals surface area (Å²) in [5, 5.41) is 15.7. The van der Waals surface area contributed by atoms with Gasteiger partial charge in [-0.15, -0.1) is 0 Å². The Balaban J connectivity index is 2.10. The molecule has 100 valence electrons. The fraction of sp³-hybridized carbons (Fsp3) is 0.429. The fourth-order valence-electron chi connectivity index (χ4n) is 2.32. The number of nitriles is 1. The zero-order chi connectivity index (χ0) is 13.8. The highest BCUT2D eigenvalue weighted by atomic mass is 35.5. The third kappa shape index (κ3) is 3.46. The average Bonchev–Trinajstić information content (AvgIpc) is 2.39. The Labute approximate surface area is 117 Å². The zero-order valence-corrected chi connectivity index (χ0v) is 11.5. The van der Waals surface area contributed by atoms with Crippen molar-refractivity contribution in [3.8, 4) is 6.07 Å². The first kappa shape index (κ1) is 13.9. The number of halogens is 1. The molecule has 1 aromatic rings. The molecule has 2 N–H and O–H groups in total. The lowest BCUT2D eigenvalue weighted by Crippen LogP contribution is -2.40. The van der Waals surface area contributed by atoms with Crippen molar-refractivity contribution in [2.45, 2.75) is 25.8 Å². The van der Waals surface area contributed by atoms with E-state index in [4.69, 9.17) is 16.9 Å². The van der Waals surface area contributed by atoms with Gasteiger partial charge in [-0.2, -0.15) is 5.26 Å². The van der Waals surface area contributed by atoms with Crippen molar-refractivity contribution in [1.29, 1.82) is 5.26 Å². The van der Waals surface area contributed by atoms with E-state index in [9.17, 15) is 4.79 Å². The van der Waals surface area contributed by atoms with Gasteiger partial charge in [0.1, 0.15) is 6.07 Å². The lowest BCUT2D eigenvalue weighted by Gasteiger charge is -2.27. The van der Waals surface area contributed by atoms with E-state index < -0.39 is 0 Å². The van der Waals surface area contributed by atoms with Gasteiger partial charge in [0.05, 0.1) is 11.3 Å². The second kappa shape index (κ2) is 6.05. The Morgan fingerprint density at radius 2 is 2.37 bits per heavy atom. The Morgan fingerprint density at radius 3 is 3.05 bits per heavy atom. The van der Waals surface area contributed by atoms with E-state index in [1.54, 1.807) is 18.2 Å². The molecule has 0 aromatic heterocycles. The van der Waals surface area contributed by atoms with Crippen LogP contribution in [0.3, 0.4) is 0 Å². The van der Waals surface area contributed by atoms with Gasteiger partial charge in [-0.05, 0) is 44.5 Å². The van der Waals surface area contributed by atoms with Crippen LogP contribution < -0.4 is 10.6 Å². The largest absolute Gasteiger partial charge is 0.325 e. The summed E-state index contributed by atoms with van der Waals surface area (Å²) in [4.78, 5) is 12.2. The van der Waals surface area contributed by atoms with Crippen molar-refractivity contribution in [3.63, 3.8) is 0 Å². The van der Waals surface area contributed by atoms with Gasteiger partial charge in [-0.1, -0.05) is 11.6 Å². The van der Waals surface area contributed by atoms with Crippen molar-refractivity contribution in [3.05, 3.63) is 28.8 Å². The van der Waals surface area contributed by atoms with E-state index in [2.05, 4.69) is 23.6 Å². The third-order valence-electron chi connectivity index (χ3n) is 3.35. The van der Waals surface area contributed by atoms with Gasteiger partial charge in [0.15, 0.2) is 0 Å². The summed E-state index contributed by atoms with van der Waals surface area (Å²) >= 11 is 5.90. The maximum Gasteiger partial charge on any atom is 0.227 e. The SMILES string of the molecule is CC1CC(C(=O)Nc2cc(Cl)ccc2C#N)CCN1. The first-order valence-corrected chi connectivity index (χ1v) is 6.72. The van der Waals surface area contributed by atoms with Crippen LogP contribution in [-0.4, -0.2) is 18.5 Å². The Kier molecular flexibility index (Phi) is 4.41. The molecule has 1 aromatic carbocycles. The minimum absolute atomic E-state index is 0.0122. The molecule has 1 saturated heterocycles. The lowest BCUT2D eigenvalue weighted by molar-refractivity contribution is -0.120. The summed E-state index contributed by atoms with van der Waals surface area (Å²) in [7, 11) is 0. The predicted molar refractivity (Wildman–Crippen MR) is 75.0 cm³/mol. The molecule has 0 saturated carbocycles. The number of benzene rings is 1. The van der Waals surface area contributed by atoms with Crippen LogP contribution in [-0.2, 0) is 4.79 Å². The monoisotopic (exact) mass is 277 g/mol. The van der Waals surface area contributed by atoms with Gasteiger partial charge in [0.2, 0.25) is 5.91 Å². The predicted octanol–water partition coefficient (Wildman–Crippen LogP) is 2.54. The highest BCUT2D eigenvalue weighted by Crippen LogP contribution is 2.23. The second-order valence-electron chi connectivity index (χ2n) is 4.87. The van der Waals surface area contributed by atoms with Crippen molar-refractivity contribution in [2.75, 3.05) is 11.9 Å². The third-order valence-corrected chi connectivity index (χ3v) is 3.59. The number of piperidine rings is 1. The maximum absolute atomic E-state index is 12.2. The first-order valence-electron chi connectivity index (χ1n) is 6.34. The van der Waals surface area contributed by atoms with Crippen LogP contribution in [0.2, 0.25) is 5.02 Å². The number of rotatable bonds is 2. The number of carbonyl (C=O) groups excluding carboxylic acids is 1. The van der Waals surface area contributed by atoms with Crippen LogP contribution in [0, 0.1) is 17.2 Å². The Morgan fingerprint density at radius 1 is 1.58 bits per heavy atom. The zero-order valence-electron chi connectivity index (χ0n) is 10.7. The second-order valence-corrected chi connectivity index (χ2v) is 5.30. The topological polar surface area (TPSA) is 64.9 Å². The maximum atomic E-state index is 12.2. The first-order chi connectivity index (χ1) is 9.10. The van der Waals surface area contributed by atoms with Gasteiger partial charge in [0.25, 0.3) is 0 Å². The molecule has 1 aliphatic rings. The summed E-state index contributed by atoms with van der Waals surface area (Å²) in [6.45, 7) is 2.92. The average molecular weight is 278 g/mol. The van der Waals surface area contributed by atoms with Gasteiger partial charge < -0.3 is 10.6 Å². The molecule has 2 unspecified atom stereocenters. The van der Waals surface area contributed by atoms with E-state index in [1.165, 1.54) is 0 Å². The van der Waals surface area contributed by atoms with Crippen molar-refractivity contribution in [1.82, 2.24) is 5.32 Å². The number of nitrogens with one attached hydrogen (secondary N) is 2. The van der Waals surface area contributed by atoms with Crippen molar-refractivity contribution < 1.29 is 4.79 Å². The smallest absolute Gasteiger partial charge is 0.227 e. The van der Waals surface area contributed by atoms with Gasteiger partial charge in [-0.25, -0.2) is 0 Å². The standard InChI is InChI=1S/C14H16ClN3O/c1-9-6-10(4-5-17-9)14(19)18-13-7-12(15)3-2-11(13)8-16/h2-3,7,9-10,17H,4-6H2,1H3,(H,18,19). The van der Waals surface area contributed by atoms with Crippen LogP contribution in [0.15, 0.2) is 18.2 Å². The normalized spacial score (nSPS) is 22.6. The number of amides is 1. The van der Waals surface area contributed by atoms with E-state index >= 15 is 0 Å². The molecule has 1 heterocycles. The van der Waals surface area contributed by atoms with Crippen molar-refractivity contribution in [2.24, 2.45) is 5.92 Å². The van der Waals surface area contributed by atoms with E-state index in [-0.39, 0.29) is 11.8 Å². The molecule has 0 radical (unpaired) electrons. The van der Waals surface area contributed by atoms with Crippen molar-refractivity contribution >= 4 is 23.2 Å². The molecule has 1 fully saturated rings. The molecule has 2 rings (SSSR count). The summed E-state index contributed by atoms with van der Waals surface area (Å²) < 4.78 is 0. The molecule has 1 amide bonds. The molecule has 0 spiro atoms. The molecule has 4 nitrogen and oxygen atoms in total. The van der Waals surface area contributed by atoms with Crippen LogP contribution in [0.25, 0.3) is 0 Å². The number of anilines is 1. The molecule has 19 heavy (non-hydrogen) atoms. The van der Waals surface area contributed by atoms with Gasteiger partial charge in [0, 0.05) is 17.0 Å². The van der Waals surface area contributed by atoms with Gasteiger partial charge >= 0.3 is 0 Å². The Hall–Kier alpha value is -1.57. The quantitative estimate of drug-likeness (QED) is 0.873. The lowest BCUT2D eigenvalue weighted by atomic mass is 9.92. The summed E-state index contributed by atoms with van der Waals surface area (Å²) in [5.74, 6) is -0.0473. The van der Waals surface area contributed by atoms with Crippen LogP contribution >= 0.6 is 11.6 Å². The Bertz CT molecular complexity index is 524. The molecule has 0 bridgehead atoms. The fourth-order valence-corrected chi connectivity index (χ4v) is 2.49. The number of hydrogen-bond acceptors (Lipinski definition) is 3. The number of hydrogen-bond donors (Lipinski definition) is 2. The van der Waals surface area contributed by atoms with Crippen LogP contribution in [0.4, 0.5) is 5.69 Å². The molecular formula is C14H16ClN3O. The molecule has 1 aliphatic heterocycles. The minimum atomic E-state index is -0.0351. The highest BCUT2D eigenvalue weighted by molar-refractivity contribution is 6.31. The molecule has 2 atom stereocenters. The summed E-state index contributed by atoms with van der Waals surface area (Å²) in [5.41, 5.74) is 0.922.